The van der Waals surface area contributed by atoms with Crippen molar-refractivity contribution in [2.45, 2.75) is 24.8 Å². The van der Waals surface area contributed by atoms with Crippen LogP contribution in [0.2, 0.25) is 0 Å². The maximum Gasteiger partial charge on any atom is 0.307 e. The van der Waals surface area contributed by atoms with E-state index in [4.69, 9.17) is 5.73 Å². The Bertz CT molecular complexity index is 579. The Morgan fingerprint density at radius 3 is 2.41 bits per heavy atom. The van der Waals surface area contributed by atoms with Crippen LogP contribution >= 0.6 is 0 Å². The molecule has 4 N–H and O–H groups in total. The second-order valence-corrected chi connectivity index (χ2v) is 5.27. The first-order chi connectivity index (χ1) is 10.4. The third kappa shape index (κ3) is 4.05. The van der Waals surface area contributed by atoms with E-state index < -0.39 is 5.54 Å². The van der Waals surface area contributed by atoms with Gasteiger partial charge in [0.1, 0.15) is 0 Å². The van der Waals surface area contributed by atoms with Gasteiger partial charge < -0.3 is 21.1 Å². The first-order valence-electron chi connectivity index (χ1n) is 7.00. The average molecular weight is 305 g/mol. The Hall–Kier alpha value is -2.41. The van der Waals surface area contributed by atoms with Gasteiger partial charge >= 0.3 is 5.97 Å². The van der Waals surface area contributed by atoms with Crippen LogP contribution in [0.4, 0.5) is 5.69 Å². The predicted molar refractivity (Wildman–Crippen MR) is 80.2 cm³/mol. The molecule has 1 aromatic rings. The highest BCUT2D eigenvalue weighted by molar-refractivity contribution is 6.00. The Kier molecular flexibility index (Phi) is 4.77. The number of nitrogens with one attached hydrogen (secondary N) is 2. The number of benzene rings is 1. The van der Waals surface area contributed by atoms with Crippen molar-refractivity contribution in [2.24, 2.45) is 5.73 Å². The van der Waals surface area contributed by atoms with Gasteiger partial charge in [-0.3, -0.25) is 14.4 Å². The van der Waals surface area contributed by atoms with Crippen molar-refractivity contribution in [3.63, 3.8) is 0 Å². The SMILES string of the molecule is COC(=O)CCNC(=O)c1ccc(NC(=O)C2(N)CC2)cc1. The lowest BCUT2D eigenvalue weighted by atomic mass is 10.2. The molecule has 2 rings (SSSR count). The Morgan fingerprint density at radius 1 is 1.23 bits per heavy atom. The summed E-state index contributed by atoms with van der Waals surface area (Å²) in [6.45, 7) is 0.208. The van der Waals surface area contributed by atoms with Crippen LogP contribution in [0, 0.1) is 0 Å². The maximum absolute atomic E-state index is 11.8. The number of methoxy groups -OCH3 is 1. The minimum Gasteiger partial charge on any atom is -0.469 e. The van der Waals surface area contributed by atoms with Crippen LogP contribution in [0.5, 0.6) is 0 Å². The molecule has 0 aromatic heterocycles. The molecule has 1 aliphatic carbocycles. The highest BCUT2D eigenvalue weighted by atomic mass is 16.5. The topological polar surface area (TPSA) is 111 Å². The summed E-state index contributed by atoms with van der Waals surface area (Å²) in [5.74, 6) is -0.879. The van der Waals surface area contributed by atoms with Crippen LogP contribution in [0.3, 0.4) is 0 Å². The molecule has 2 amide bonds. The molecule has 22 heavy (non-hydrogen) atoms. The molecule has 0 spiro atoms. The fraction of sp³-hybridized carbons (Fsp3) is 0.400. The molecule has 0 unspecified atom stereocenters. The molecule has 7 heteroatoms. The minimum absolute atomic E-state index is 0.120. The number of hydrogen-bond acceptors (Lipinski definition) is 5. The van der Waals surface area contributed by atoms with E-state index in [-0.39, 0.29) is 30.7 Å². The summed E-state index contributed by atoms with van der Waals surface area (Å²) in [7, 11) is 1.30. The fourth-order valence-electron chi connectivity index (χ4n) is 1.80. The molecule has 0 radical (unpaired) electrons. The number of amides is 2. The molecule has 0 atom stereocenters. The lowest BCUT2D eigenvalue weighted by Crippen LogP contribution is -2.37. The van der Waals surface area contributed by atoms with E-state index in [0.29, 0.717) is 24.1 Å². The largest absolute Gasteiger partial charge is 0.469 e. The summed E-state index contributed by atoms with van der Waals surface area (Å²) < 4.78 is 4.48. The quantitative estimate of drug-likeness (QED) is 0.659. The van der Waals surface area contributed by atoms with Gasteiger partial charge in [0.15, 0.2) is 0 Å². The molecule has 1 fully saturated rings. The second kappa shape index (κ2) is 6.57. The number of carbonyl (C=O) groups excluding carboxylic acids is 3. The molecular weight excluding hydrogens is 286 g/mol. The molecule has 1 aromatic carbocycles. The standard InChI is InChI=1S/C15H19N3O4/c1-22-12(19)6-9-17-13(20)10-2-4-11(5-3-10)18-14(21)15(16)7-8-15/h2-5H,6-9,16H2,1H3,(H,17,20)(H,18,21). The van der Waals surface area contributed by atoms with Crippen molar-refractivity contribution in [2.75, 3.05) is 19.0 Å². The van der Waals surface area contributed by atoms with E-state index in [1.807, 2.05) is 0 Å². The van der Waals surface area contributed by atoms with Crippen LogP contribution in [0.15, 0.2) is 24.3 Å². The molecule has 0 heterocycles. The summed E-state index contributed by atoms with van der Waals surface area (Å²) in [6.07, 6.45) is 1.51. The average Bonchev–Trinajstić information content (AvgIpc) is 3.27. The van der Waals surface area contributed by atoms with Gasteiger partial charge in [-0.1, -0.05) is 0 Å². The molecular formula is C15H19N3O4. The summed E-state index contributed by atoms with van der Waals surface area (Å²) >= 11 is 0. The van der Waals surface area contributed by atoms with E-state index in [0.717, 1.165) is 0 Å². The number of rotatable bonds is 6. The van der Waals surface area contributed by atoms with E-state index in [2.05, 4.69) is 15.4 Å². The van der Waals surface area contributed by atoms with Crippen molar-refractivity contribution >= 4 is 23.5 Å². The third-order valence-electron chi connectivity index (χ3n) is 3.49. The van der Waals surface area contributed by atoms with Gasteiger partial charge in [0.25, 0.3) is 5.91 Å². The molecule has 7 nitrogen and oxygen atoms in total. The number of esters is 1. The summed E-state index contributed by atoms with van der Waals surface area (Å²) in [5.41, 5.74) is 6.09. The number of ether oxygens (including phenoxy) is 1. The highest BCUT2D eigenvalue weighted by Crippen LogP contribution is 2.33. The minimum atomic E-state index is -0.732. The van der Waals surface area contributed by atoms with E-state index in [9.17, 15) is 14.4 Å². The predicted octanol–water partition coefficient (Wildman–Crippen LogP) is 0.409. The summed E-state index contributed by atoms with van der Waals surface area (Å²) in [6, 6.07) is 6.47. The fourth-order valence-corrected chi connectivity index (χ4v) is 1.80. The van der Waals surface area contributed by atoms with Gasteiger partial charge in [-0.25, -0.2) is 0 Å². The number of hydrogen-bond donors (Lipinski definition) is 3. The lowest BCUT2D eigenvalue weighted by molar-refractivity contribution is -0.140. The monoisotopic (exact) mass is 305 g/mol. The van der Waals surface area contributed by atoms with Crippen LogP contribution < -0.4 is 16.4 Å². The zero-order valence-electron chi connectivity index (χ0n) is 12.3. The van der Waals surface area contributed by atoms with Gasteiger partial charge in [-0.15, -0.1) is 0 Å². The molecule has 118 valence electrons. The molecule has 1 saturated carbocycles. The Labute approximate surface area is 128 Å². The lowest BCUT2D eigenvalue weighted by Gasteiger charge is -2.10. The van der Waals surface area contributed by atoms with Crippen LogP contribution in [0.25, 0.3) is 0 Å². The van der Waals surface area contributed by atoms with Crippen molar-refractivity contribution in [1.29, 1.82) is 0 Å². The van der Waals surface area contributed by atoms with Gasteiger partial charge in [0.2, 0.25) is 5.91 Å². The van der Waals surface area contributed by atoms with Crippen LogP contribution in [0.1, 0.15) is 29.6 Å². The van der Waals surface area contributed by atoms with Crippen molar-refractivity contribution in [3.8, 4) is 0 Å². The maximum atomic E-state index is 11.8. The van der Waals surface area contributed by atoms with Gasteiger partial charge in [0.05, 0.1) is 19.1 Å². The molecule has 0 aliphatic heterocycles. The second-order valence-electron chi connectivity index (χ2n) is 5.27. The molecule has 0 bridgehead atoms. The molecule has 1 aliphatic rings. The normalized spacial score (nSPS) is 14.8. The zero-order chi connectivity index (χ0) is 16.2. The van der Waals surface area contributed by atoms with Crippen molar-refractivity contribution < 1.29 is 19.1 Å². The van der Waals surface area contributed by atoms with Crippen LogP contribution in [-0.2, 0) is 14.3 Å². The van der Waals surface area contributed by atoms with E-state index in [1.165, 1.54) is 7.11 Å². The highest BCUT2D eigenvalue weighted by Gasteiger charge is 2.45. The van der Waals surface area contributed by atoms with Crippen LogP contribution in [-0.4, -0.2) is 37.0 Å². The number of carbonyl (C=O) groups is 3. The Morgan fingerprint density at radius 2 is 1.86 bits per heavy atom. The first kappa shape index (κ1) is 16.0. The zero-order valence-corrected chi connectivity index (χ0v) is 12.3. The summed E-state index contributed by atoms with van der Waals surface area (Å²) in [4.78, 5) is 34.6. The third-order valence-corrected chi connectivity index (χ3v) is 3.49. The van der Waals surface area contributed by atoms with E-state index in [1.54, 1.807) is 24.3 Å². The summed E-state index contributed by atoms with van der Waals surface area (Å²) in [5, 5.41) is 5.33. The Balaban J connectivity index is 1.84. The van der Waals surface area contributed by atoms with Gasteiger partial charge in [0, 0.05) is 17.8 Å². The van der Waals surface area contributed by atoms with Crippen molar-refractivity contribution in [1.82, 2.24) is 5.32 Å². The number of nitrogens with two attached hydrogens (primary N) is 1. The molecule has 0 saturated heterocycles. The first-order valence-corrected chi connectivity index (χ1v) is 7.00. The van der Waals surface area contributed by atoms with Gasteiger partial charge in [-0.2, -0.15) is 0 Å². The smallest absolute Gasteiger partial charge is 0.307 e. The number of anilines is 1. The van der Waals surface area contributed by atoms with Gasteiger partial charge in [-0.05, 0) is 37.1 Å². The van der Waals surface area contributed by atoms with Crippen molar-refractivity contribution in [3.05, 3.63) is 29.8 Å². The van der Waals surface area contributed by atoms with E-state index >= 15 is 0 Å².